The molecule has 3 aliphatic rings. The third-order valence-electron chi connectivity index (χ3n) is 6.82. The normalized spacial score (nSPS) is 20.9. The summed E-state index contributed by atoms with van der Waals surface area (Å²) >= 11 is 0. The molecule has 11 heteroatoms. The highest BCUT2D eigenvalue weighted by atomic mass is 32.2. The van der Waals surface area contributed by atoms with E-state index in [1.54, 1.807) is 17.0 Å². The maximum absolute atomic E-state index is 12.8. The van der Waals surface area contributed by atoms with Crippen LogP contribution in [0.4, 0.5) is 18.0 Å². The van der Waals surface area contributed by atoms with Crippen molar-refractivity contribution in [1.82, 2.24) is 10.2 Å². The first kappa shape index (κ1) is 27.7. The number of benzene rings is 1. The lowest BCUT2D eigenvalue weighted by molar-refractivity contribution is -0.185. The Morgan fingerprint density at radius 3 is 2.11 bits per heavy atom. The molecule has 1 saturated heterocycles. The van der Waals surface area contributed by atoms with Gasteiger partial charge in [0.1, 0.15) is 5.60 Å². The van der Waals surface area contributed by atoms with Crippen molar-refractivity contribution in [3.05, 3.63) is 29.8 Å². The minimum atomic E-state index is -4.08. The van der Waals surface area contributed by atoms with Gasteiger partial charge >= 0.3 is 12.3 Å². The molecule has 2 saturated carbocycles. The lowest BCUT2D eigenvalue weighted by Gasteiger charge is -2.58. The number of rotatable bonds is 5. The molecule has 0 aromatic heterocycles. The molecule has 0 bridgehead atoms. The number of hydrogen-bond donors (Lipinski definition) is 2. The molecule has 2 N–H and O–H groups in total. The summed E-state index contributed by atoms with van der Waals surface area (Å²) in [4.78, 5) is 13.6. The fourth-order valence-electron chi connectivity index (χ4n) is 4.72. The molecule has 3 fully saturated rings. The average molecular weight is 521 g/mol. The molecule has 35 heavy (non-hydrogen) atoms. The Labute approximate surface area is 205 Å². The van der Waals surface area contributed by atoms with Crippen LogP contribution in [-0.4, -0.2) is 61.9 Å². The standard InChI is InChI=1S/C17H27F3N2O2.C7H8O3S/c1-14(2,3)24-13(23)22-10-15(11-22)6-12(7-15)8-21-9-16(4-5-16)17(18,19)20;1-6-2-4-7(5-3-6)11(8,9)10/h12,21H,4-11H2,1-3H3;2-5H,1H3,(H,8,9,10). The largest absolute Gasteiger partial charge is 0.444 e. The number of alkyl halides is 3. The molecule has 2 aliphatic carbocycles. The number of carbonyl (C=O) groups excluding carboxylic acids is 1. The molecule has 1 aromatic carbocycles. The molecule has 1 amide bonds. The van der Waals surface area contributed by atoms with Gasteiger partial charge < -0.3 is 15.0 Å². The second kappa shape index (κ2) is 9.55. The van der Waals surface area contributed by atoms with Gasteiger partial charge in [-0.1, -0.05) is 17.7 Å². The van der Waals surface area contributed by atoms with E-state index in [1.807, 2.05) is 27.7 Å². The molecule has 198 valence electrons. The van der Waals surface area contributed by atoms with E-state index in [9.17, 15) is 26.4 Å². The van der Waals surface area contributed by atoms with E-state index in [-0.39, 0.29) is 35.8 Å². The van der Waals surface area contributed by atoms with Crippen molar-refractivity contribution in [2.75, 3.05) is 26.2 Å². The number of nitrogens with one attached hydrogen (secondary N) is 1. The Morgan fingerprint density at radius 2 is 1.69 bits per heavy atom. The first-order valence-corrected chi connectivity index (χ1v) is 13.2. The van der Waals surface area contributed by atoms with Crippen molar-refractivity contribution >= 4 is 16.2 Å². The quantitative estimate of drug-likeness (QED) is 0.541. The molecular formula is C24H35F3N2O5S. The molecule has 0 radical (unpaired) electrons. The smallest absolute Gasteiger partial charge is 0.410 e. The third-order valence-corrected chi connectivity index (χ3v) is 7.69. The lowest BCUT2D eigenvalue weighted by Crippen LogP contribution is -2.65. The van der Waals surface area contributed by atoms with E-state index >= 15 is 0 Å². The second-order valence-corrected chi connectivity index (χ2v) is 12.7. The first-order chi connectivity index (χ1) is 15.9. The van der Waals surface area contributed by atoms with Crippen molar-refractivity contribution in [2.45, 2.75) is 70.1 Å². The Morgan fingerprint density at radius 1 is 1.14 bits per heavy atom. The van der Waals surface area contributed by atoms with Gasteiger partial charge in [-0.3, -0.25) is 4.55 Å². The average Bonchev–Trinajstić information content (AvgIpc) is 3.41. The van der Waals surface area contributed by atoms with Gasteiger partial charge in [0.25, 0.3) is 10.1 Å². The topological polar surface area (TPSA) is 95.9 Å². The van der Waals surface area contributed by atoms with Crippen molar-refractivity contribution in [2.24, 2.45) is 16.7 Å². The number of amides is 1. The fourth-order valence-corrected chi connectivity index (χ4v) is 5.20. The van der Waals surface area contributed by atoms with Crippen LogP contribution in [-0.2, 0) is 14.9 Å². The van der Waals surface area contributed by atoms with E-state index in [2.05, 4.69) is 5.32 Å². The zero-order chi connectivity index (χ0) is 26.3. The van der Waals surface area contributed by atoms with Crippen LogP contribution in [0.15, 0.2) is 29.2 Å². The molecular weight excluding hydrogens is 485 g/mol. The van der Waals surface area contributed by atoms with Crippen molar-refractivity contribution in [3.63, 3.8) is 0 Å². The highest BCUT2D eigenvalue weighted by Crippen LogP contribution is 2.57. The maximum Gasteiger partial charge on any atom is 0.410 e. The molecule has 1 spiro atoms. The van der Waals surface area contributed by atoms with E-state index < -0.39 is 27.3 Å². The lowest BCUT2D eigenvalue weighted by atomic mass is 9.58. The summed E-state index contributed by atoms with van der Waals surface area (Å²) in [7, 11) is -4.02. The minimum Gasteiger partial charge on any atom is -0.444 e. The van der Waals surface area contributed by atoms with Gasteiger partial charge in [0.15, 0.2) is 0 Å². The van der Waals surface area contributed by atoms with Gasteiger partial charge in [0.2, 0.25) is 0 Å². The summed E-state index contributed by atoms with van der Waals surface area (Å²) in [6.45, 7) is 9.50. The van der Waals surface area contributed by atoms with Crippen molar-refractivity contribution < 1.29 is 35.7 Å². The monoisotopic (exact) mass is 520 g/mol. The number of aryl methyl sites for hydroxylation is 1. The van der Waals surface area contributed by atoms with Gasteiger partial charge in [-0.05, 0) is 78.0 Å². The van der Waals surface area contributed by atoms with Crippen LogP contribution in [0.5, 0.6) is 0 Å². The number of carbonyl (C=O) groups is 1. The molecule has 4 rings (SSSR count). The van der Waals surface area contributed by atoms with Gasteiger partial charge in [0.05, 0.1) is 10.3 Å². The maximum atomic E-state index is 12.8. The number of likely N-dealkylation sites (tertiary alicyclic amines) is 1. The van der Waals surface area contributed by atoms with E-state index in [0.29, 0.717) is 25.6 Å². The van der Waals surface area contributed by atoms with E-state index in [4.69, 9.17) is 9.29 Å². The highest BCUT2D eigenvalue weighted by Gasteiger charge is 2.62. The van der Waals surface area contributed by atoms with Crippen molar-refractivity contribution in [3.8, 4) is 0 Å². The summed E-state index contributed by atoms with van der Waals surface area (Å²) in [5.74, 6) is 0.426. The predicted molar refractivity (Wildman–Crippen MR) is 125 cm³/mol. The molecule has 1 aromatic rings. The number of nitrogens with zero attached hydrogens (tertiary/aromatic N) is 1. The number of ether oxygens (including phenoxy) is 1. The van der Waals surface area contributed by atoms with Gasteiger partial charge in [-0.15, -0.1) is 0 Å². The van der Waals surface area contributed by atoms with Crippen LogP contribution in [0, 0.1) is 23.7 Å². The first-order valence-electron chi connectivity index (χ1n) is 11.7. The van der Waals surface area contributed by atoms with Gasteiger partial charge in [-0.25, -0.2) is 4.79 Å². The summed E-state index contributed by atoms with van der Waals surface area (Å²) in [5, 5.41) is 3.02. The van der Waals surface area contributed by atoms with Crippen LogP contribution in [0.3, 0.4) is 0 Å². The second-order valence-electron chi connectivity index (χ2n) is 11.3. The van der Waals surface area contributed by atoms with Gasteiger partial charge in [0, 0.05) is 25.0 Å². The SMILES string of the molecule is CC(C)(C)OC(=O)N1CC2(CC(CNCC3(C(F)(F)F)CC3)C2)C1.Cc1ccc(S(=O)(=O)O)cc1. The Bertz CT molecular complexity index is 1000. The summed E-state index contributed by atoms with van der Waals surface area (Å²) in [6, 6.07) is 5.99. The summed E-state index contributed by atoms with van der Waals surface area (Å²) in [6.07, 6.45) is -1.87. The van der Waals surface area contributed by atoms with Crippen LogP contribution in [0.2, 0.25) is 0 Å². The van der Waals surface area contributed by atoms with E-state index in [0.717, 1.165) is 18.4 Å². The molecule has 1 heterocycles. The Balaban J connectivity index is 0.000000261. The number of halogens is 3. The minimum absolute atomic E-state index is 0.0457. The highest BCUT2D eigenvalue weighted by molar-refractivity contribution is 7.85. The Kier molecular flexibility index (Phi) is 7.57. The summed E-state index contributed by atoms with van der Waals surface area (Å²) < 4.78 is 73.4. The van der Waals surface area contributed by atoms with E-state index in [1.165, 1.54) is 12.1 Å². The van der Waals surface area contributed by atoms with Crippen LogP contribution in [0.1, 0.15) is 52.0 Å². The predicted octanol–water partition coefficient (Wildman–Crippen LogP) is 4.81. The molecule has 7 nitrogen and oxygen atoms in total. The summed E-state index contributed by atoms with van der Waals surface area (Å²) in [5.41, 5.74) is -0.802. The number of hydrogen-bond acceptors (Lipinski definition) is 5. The fraction of sp³-hybridized carbons (Fsp3) is 0.708. The van der Waals surface area contributed by atoms with Crippen molar-refractivity contribution in [1.29, 1.82) is 0 Å². The zero-order valence-corrected chi connectivity index (χ0v) is 21.4. The molecule has 0 unspecified atom stereocenters. The Hall–Kier alpha value is -1.85. The van der Waals surface area contributed by atoms with Crippen LogP contribution < -0.4 is 5.32 Å². The zero-order valence-electron chi connectivity index (χ0n) is 20.6. The van der Waals surface area contributed by atoms with Gasteiger partial charge in [-0.2, -0.15) is 21.6 Å². The van der Waals surface area contributed by atoms with Crippen LogP contribution >= 0.6 is 0 Å². The van der Waals surface area contributed by atoms with Crippen LogP contribution in [0.25, 0.3) is 0 Å². The third kappa shape index (κ3) is 7.10. The molecule has 0 atom stereocenters. The molecule has 1 aliphatic heterocycles.